The Balaban J connectivity index is 2.62. The highest BCUT2D eigenvalue weighted by Gasteiger charge is 2.08. The van der Waals surface area contributed by atoms with E-state index in [1.165, 1.54) is 0 Å². The average molecular weight is 287 g/mol. The molecule has 4 heteroatoms. The van der Waals surface area contributed by atoms with Crippen molar-refractivity contribution in [3.05, 3.63) is 28.2 Å². The van der Waals surface area contributed by atoms with Gasteiger partial charge in [0, 0.05) is 6.04 Å². The first kappa shape index (κ1) is 13.5. The van der Waals surface area contributed by atoms with Crippen molar-refractivity contribution in [2.75, 3.05) is 13.7 Å². The van der Waals surface area contributed by atoms with E-state index in [4.69, 9.17) is 16.2 Å². The quantitative estimate of drug-likeness (QED) is 0.790. The molecule has 0 spiro atoms. The second kappa shape index (κ2) is 6.89. The highest BCUT2D eigenvalue weighted by atomic mass is 79.9. The Labute approximate surface area is 105 Å². The summed E-state index contributed by atoms with van der Waals surface area (Å²) in [5, 5.41) is 0. The Morgan fingerprint density at radius 2 is 2.12 bits per heavy atom. The van der Waals surface area contributed by atoms with E-state index in [0.717, 1.165) is 41.6 Å². The van der Waals surface area contributed by atoms with E-state index < -0.39 is 0 Å². The normalized spacial score (nSPS) is 12.5. The molecule has 3 nitrogen and oxygen atoms in total. The van der Waals surface area contributed by atoms with Gasteiger partial charge in [-0.15, -0.1) is 0 Å². The zero-order valence-corrected chi connectivity index (χ0v) is 11.2. The Bertz CT molecular complexity index is 331. The van der Waals surface area contributed by atoms with Crippen molar-refractivity contribution in [3.63, 3.8) is 0 Å². The second-order valence-electron chi connectivity index (χ2n) is 3.78. The lowest BCUT2D eigenvalue weighted by Gasteiger charge is -2.13. The fourth-order valence-electron chi connectivity index (χ4n) is 1.59. The maximum Gasteiger partial charge on any atom is 0.133 e. The number of methoxy groups -OCH3 is 1. The fraction of sp³-hybridized carbons (Fsp3) is 0.500. The fourth-order valence-corrected chi connectivity index (χ4v) is 2.15. The molecule has 16 heavy (non-hydrogen) atoms. The number of rotatable bonds is 6. The largest absolute Gasteiger partial charge is 0.496 e. The Hall–Kier alpha value is -0.580. The molecule has 0 radical (unpaired) electrons. The van der Waals surface area contributed by atoms with E-state index in [2.05, 4.69) is 15.9 Å². The average Bonchev–Trinajstić information content (AvgIpc) is 2.29. The van der Waals surface area contributed by atoms with Crippen LogP contribution in [0.3, 0.4) is 0 Å². The molecule has 0 amide bonds. The van der Waals surface area contributed by atoms with Crippen LogP contribution in [0.5, 0.6) is 5.75 Å². The molecule has 0 saturated heterocycles. The summed E-state index contributed by atoms with van der Waals surface area (Å²) in [6, 6.07) is 6.04. The van der Waals surface area contributed by atoms with Crippen molar-refractivity contribution < 1.29 is 4.74 Å². The number of ether oxygens (including phenoxy) is 1. The molecule has 90 valence electrons. The number of unbranched alkanes of at least 4 members (excludes halogenated alkanes) is 1. The van der Waals surface area contributed by atoms with Gasteiger partial charge >= 0.3 is 0 Å². The van der Waals surface area contributed by atoms with Crippen molar-refractivity contribution in [2.45, 2.75) is 25.3 Å². The van der Waals surface area contributed by atoms with Gasteiger partial charge in [0.1, 0.15) is 5.75 Å². The number of benzene rings is 1. The third-order valence-electron chi connectivity index (χ3n) is 2.57. The van der Waals surface area contributed by atoms with E-state index >= 15 is 0 Å². The summed E-state index contributed by atoms with van der Waals surface area (Å²) in [5.74, 6) is 0.831. The summed E-state index contributed by atoms with van der Waals surface area (Å²) in [6.45, 7) is 0.735. The van der Waals surface area contributed by atoms with E-state index in [1.54, 1.807) is 7.11 Å². The first-order valence-corrected chi connectivity index (χ1v) is 6.27. The van der Waals surface area contributed by atoms with Crippen LogP contribution in [0.2, 0.25) is 0 Å². The molecule has 1 aromatic rings. The van der Waals surface area contributed by atoms with Crippen molar-refractivity contribution in [1.29, 1.82) is 0 Å². The minimum atomic E-state index is 0.0776. The van der Waals surface area contributed by atoms with Crippen LogP contribution in [0.4, 0.5) is 0 Å². The van der Waals surface area contributed by atoms with Crippen LogP contribution in [0.15, 0.2) is 22.7 Å². The molecule has 1 rings (SSSR count). The summed E-state index contributed by atoms with van der Waals surface area (Å²) in [7, 11) is 1.65. The molecule has 0 aliphatic rings. The molecule has 0 aromatic heterocycles. The van der Waals surface area contributed by atoms with Gasteiger partial charge in [-0.05, 0) is 53.0 Å². The zero-order chi connectivity index (χ0) is 12.0. The molecule has 0 saturated carbocycles. The Morgan fingerprint density at radius 1 is 1.38 bits per heavy atom. The molecule has 1 atom stereocenters. The summed E-state index contributed by atoms with van der Waals surface area (Å²) >= 11 is 3.46. The summed E-state index contributed by atoms with van der Waals surface area (Å²) in [5.41, 5.74) is 12.7. The van der Waals surface area contributed by atoms with Crippen LogP contribution >= 0.6 is 15.9 Å². The molecular formula is C12H19BrN2O. The number of nitrogens with two attached hydrogens (primary N) is 2. The number of hydrogen-bond acceptors (Lipinski definition) is 3. The van der Waals surface area contributed by atoms with Crippen LogP contribution in [0, 0.1) is 0 Å². The lowest BCUT2D eigenvalue weighted by atomic mass is 10.0. The third-order valence-corrected chi connectivity index (χ3v) is 3.19. The van der Waals surface area contributed by atoms with Gasteiger partial charge in [-0.25, -0.2) is 0 Å². The molecule has 0 unspecified atom stereocenters. The maximum atomic E-state index is 6.09. The van der Waals surface area contributed by atoms with E-state index in [9.17, 15) is 0 Å². The van der Waals surface area contributed by atoms with Crippen LogP contribution in [-0.4, -0.2) is 13.7 Å². The summed E-state index contributed by atoms with van der Waals surface area (Å²) < 4.78 is 6.12. The smallest absolute Gasteiger partial charge is 0.133 e. The second-order valence-corrected chi connectivity index (χ2v) is 4.64. The molecule has 0 aliphatic heterocycles. The predicted molar refractivity (Wildman–Crippen MR) is 70.5 cm³/mol. The standard InChI is InChI=1S/C12H19BrN2O/c1-16-12-6-5-9(8-10(12)13)11(15)4-2-3-7-14/h5-6,8,11H,2-4,7,14-15H2,1H3/t11-/m1/s1. The summed E-state index contributed by atoms with van der Waals surface area (Å²) in [4.78, 5) is 0. The van der Waals surface area contributed by atoms with Crippen molar-refractivity contribution in [1.82, 2.24) is 0 Å². The lowest BCUT2D eigenvalue weighted by Crippen LogP contribution is -2.11. The minimum absolute atomic E-state index is 0.0776. The van der Waals surface area contributed by atoms with Crippen LogP contribution in [-0.2, 0) is 0 Å². The molecular weight excluding hydrogens is 268 g/mol. The molecule has 0 fully saturated rings. The first-order chi connectivity index (χ1) is 7.69. The first-order valence-electron chi connectivity index (χ1n) is 5.48. The third kappa shape index (κ3) is 3.77. The van der Waals surface area contributed by atoms with E-state index in [-0.39, 0.29) is 6.04 Å². The van der Waals surface area contributed by atoms with E-state index in [1.807, 2.05) is 18.2 Å². The highest BCUT2D eigenvalue weighted by Crippen LogP contribution is 2.28. The predicted octanol–water partition coefficient (Wildman–Crippen LogP) is 2.59. The van der Waals surface area contributed by atoms with Gasteiger partial charge in [0.05, 0.1) is 11.6 Å². The topological polar surface area (TPSA) is 61.3 Å². The van der Waals surface area contributed by atoms with Gasteiger partial charge in [0.15, 0.2) is 0 Å². The Morgan fingerprint density at radius 3 is 2.69 bits per heavy atom. The number of halogens is 1. The van der Waals surface area contributed by atoms with Gasteiger partial charge in [-0.3, -0.25) is 0 Å². The SMILES string of the molecule is COc1ccc([C@H](N)CCCCN)cc1Br. The highest BCUT2D eigenvalue weighted by molar-refractivity contribution is 9.10. The van der Waals surface area contributed by atoms with Gasteiger partial charge in [-0.1, -0.05) is 12.5 Å². The van der Waals surface area contributed by atoms with Crippen molar-refractivity contribution in [3.8, 4) is 5.75 Å². The summed E-state index contributed by atoms with van der Waals surface area (Å²) in [6.07, 6.45) is 3.07. The van der Waals surface area contributed by atoms with Crippen LogP contribution < -0.4 is 16.2 Å². The number of hydrogen-bond donors (Lipinski definition) is 2. The molecule has 4 N–H and O–H groups in total. The van der Waals surface area contributed by atoms with Gasteiger partial charge in [0.25, 0.3) is 0 Å². The van der Waals surface area contributed by atoms with Crippen molar-refractivity contribution >= 4 is 15.9 Å². The molecule has 0 heterocycles. The van der Waals surface area contributed by atoms with E-state index in [0.29, 0.717) is 0 Å². The van der Waals surface area contributed by atoms with Gasteiger partial charge < -0.3 is 16.2 Å². The van der Waals surface area contributed by atoms with Gasteiger partial charge in [0.2, 0.25) is 0 Å². The molecule has 1 aromatic carbocycles. The maximum absolute atomic E-state index is 6.09. The minimum Gasteiger partial charge on any atom is -0.496 e. The molecule has 0 bridgehead atoms. The van der Waals surface area contributed by atoms with Crippen LogP contribution in [0.25, 0.3) is 0 Å². The Kier molecular flexibility index (Phi) is 5.80. The monoisotopic (exact) mass is 286 g/mol. The van der Waals surface area contributed by atoms with Crippen molar-refractivity contribution in [2.24, 2.45) is 11.5 Å². The molecule has 0 aliphatic carbocycles. The van der Waals surface area contributed by atoms with Crippen LogP contribution in [0.1, 0.15) is 30.9 Å². The zero-order valence-electron chi connectivity index (χ0n) is 9.58. The lowest BCUT2D eigenvalue weighted by molar-refractivity contribution is 0.411. The van der Waals surface area contributed by atoms with Gasteiger partial charge in [-0.2, -0.15) is 0 Å².